The van der Waals surface area contributed by atoms with Gasteiger partial charge in [0.15, 0.2) is 0 Å². The SMILES string of the molecule is NC1(c2nc(C3CC3)cs2)CCCCC1. The van der Waals surface area contributed by atoms with E-state index in [9.17, 15) is 0 Å². The van der Waals surface area contributed by atoms with Crippen LogP contribution in [-0.2, 0) is 5.54 Å². The molecule has 0 bridgehead atoms. The zero-order valence-corrected chi connectivity index (χ0v) is 9.85. The van der Waals surface area contributed by atoms with Gasteiger partial charge in [-0.1, -0.05) is 19.3 Å². The average Bonchev–Trinajstić information content (AvgIpc) is 2.97. The summed E-state index contributed by atoms with van der Waals surface area (Å²) in [5, 5.41) is 3.43. The molecule has 0 aromatic carbocycles. The lowest BCUT2D eigenvalue weighted by molar-refractivity contribution is 0.301. The van der Waals surface area contributed by atoms with E-state index < -0.39 is 0 Å². The van der Waals surface area contributed by atoms with Crippen molar-refractivity contribution in [1.82, 2.24) is 4.98 Å². The molecule has 1 aromatic heterocycles. The van der Waals surface area contributed by atoms with Crippen molar-refractivity contribution in [3.05, 3.63) is 16.1 Å². The van der Waals surface area contributed by atoms with Gasteiger partial charge < -0.3 is 5.73 Å². The third-order valence-electron chi connectivity index (χ3n) is 3.69. The molecule has 3 rings (SSSR count). The minimum Gasteiger partial charge on any atom is -0.319 e. The Morgan fingerprint density at radius 1 is 1.27 bits per heavy atom. The first-order valence-electron chi connectivity index (χ1n) is 6.03. The molecule has 82 valence electrons. The van der Waals surface area contributed by atoms with Gasteiger partial charge in [0.25, 0.3) is 0 Å². The molecule has 0 amide bonds. The molecular formula is C12H18N2S. The molecule has 0 unspecified atom stereocenters. The second-order valence-corrected chi connectivity index (χ2v) is 5.93. The lowest BCUT2D eigenvalue weighted by atomic mass is 9.83. The molecule has 2 nitrogen and oxygen atoms in total. The second-order valence-electron chi connectivity index (χ2n) is 5.07. The van der Waals surface area contributed by atoms with E-state index in [2.05, 4.69) is 5.38 Å². The standard InChI is InChI=1S/C12H18N2S/c13-12(6-2-1-3-7-12)11-14-10(8-15-11)9-4-5-9/h8-9H,1-7,13H2. The van der Waals surface area contributed by atoms with Gasteiger partial charge in [-0.3, -0.25) is 0 Å². The van der Waals surface area contributed by atoms with Gasteiger partial charge in [-0.05, 0) is 25.7 Å². The molecule has 2 aliphatic carbocycles. The number of rotatable bonds is 2. The zero-order chi connectivity index (χ0) is 10.3. The maximum Gasteiger partial charge on any atom is 0.113 e. The molecule has 2 saturated carbocycles. The minimum absolute atomic E-state index is 0.0872. The van der Waals surface area contributed by atoms with E-state index in [4.69, 9.17) is 10.7 Å². The van der Waals surface area contributed by atoms with Crippen molar-refractivity contribution in [2.24, 2.45) is 5.73 Å². The van der Waals surface area contributed by atoms with E-state index in [1.807, 2.05) is 0 Å². The van der Waals surface area contributed by atoms with Crippen molar-refractivity contribution < 1.29 is 0 Å². The van der Waals surface area contributed by atoms with Crippen LogP contribution < -0.4 is 5.73 Å². The maximum atomic E-state index is 6.46. The van der Waals surface area contributed by atoms with Crippen LogP contribution in [0, 0.1) is 0 Å². The number of nitrogens with zero attached hydrogens (tertiary/aromatic N) is 1. The first kappa shape index (κ1) is 9.79. The first-order valence-corrected chi connectivity index (χ1v) is 6.91. The molecule has 0 atom stereocenters. The smallest absolute Gasteiger partial charge is 0.113 e. The monoisotopic (exact) mass is 222 g/mol. The summed E-state index contributed by atoms with van der Waals surface area (Å²) in [4.78, 5) is 4.76. The highest BCUT2D eigenvalue weighted by Crippen LogP contribution is 2.43. The number of thiazole rings is 1. The number of aromatic nitrogens is 1. The van der Waals surface area contributed by atoms with Gasteiger partial charge in [0.2, 0.25) is 0 Å². The summed E-state index contributed by atoms with van der Waals surface area (Å²) in [7, 11) is 0. The average molecular weight is 222 g/mol. The second kappa shape index (κ2) is 3.56. The van der Waals surface area contributed by atoms with E-state index in [1.165, 1.54) is 42.8 Å². The van der Waals surface area contributed by atoms with Gasteiger partial charge in [0, 0.05) is 11.3 Å². The van der Waals surface area contributed by atoms with Crippen LogP contribution in [0.2, 0.25) is 0 Å². The van der Waals surface area contributed by atoms with Crippen molar-refractivity contribution in [3.63, 3.8) is 0 Å². The van der Waals surface area contributed by atoms with Crippen LogP contribution in [0.3, 0.4) is 0 Å². The van der Waals surface area contributed by atoms with Gasteiger partial charge in [-0.2, -0.15) is 0 Å². The fraction of sp³-hybridized carbons (Fsp3) is 0.750. The van der Waals surface area contributed by atoms with Crippen molar-refractivity contribution in [1.29, 1.82) is 0 Å². The summed E-state index contributed by atoms with van der Waals surface area (Å²) >= 11 is 1.79. The first-order chi connectivity index (χ1) is 7.28. The van der Waals surface area contributed by atoms with Gasteiger partial charge in [-0.15, -0.1) is 11.3 Å². The molecule has 1 heterocycles. The number of hydrogen-bond donors (Lipinski definition) is 1. The highest BCUT2D eigenvalue weighted by molar-refractivity contribution is 7.09. The highest BCUT2D eigenvalue weighted by Gasteiger charge is 2.34. The molecule has 3 heteroatoms. The molecule has 2 N–H and O–H groups in total. The zero-order valence-electron chi connectivity index (χ0n) is 9.04. The summed E-state index contributed by atoms with van der Waals surface area (Å²) in [6, 6.07) is 0. The van der Waals surface area contributed by atoms with Gasteiger partial charge in [-0.25, -0.2) is 4.98 Å². The van der Waals surface area contributed by atoms with Crippen LogP contribution in [0.5, 0.6) is 0 Å². The van der Waals surface area contributed by atoms with E-state index >= 15 is 0 Å². The van der Waals surface area contributed by atoms with Gasteiger partial charge >= 0.3 is 0 Å². The summed E-state index contributed by atoms with van der Waals surface area (Å²) in [5.74, 6) is 0.766. The van der Waals surface area contributed by atoms with Gasteiger partial charge in [0.05, 0.1) is 11.2 Å². The van der Waals surface area contributed by atoms with Crippen LogP contribution in [0.1, 0.15) is 61.6 Å². The molecule has 0 aliphatic heterocycles. The van der Waals surface area contributed by atoms with Gasteiger partial charge in [0.1, 0.15) is 5.01 Å². The third kappa shape index (κ3) is 1.83. The Labute approximate surface area is 94.9 Å². The lowest BCUT2D eigenvalue weighted by Crippen LogP contribution is -2.38. The summed E-state index contributed by atoms with van der Waals surface area (Å²) < 4.78 is 0. The topological polar surface area (TPSA) is 38.9 Å². The highest BCUT2D eigenvalue weighted by atomic mass is 32.1. The Bertz CT molecular complexity index is 348. The van der Waals surface area contributed by atoms with Crippen LogP contribution >= 0.6 is 11.3 Å². The molecule has 0 spiro atoms. The number of nitrogens with two attached hydrogens (primary N) is 1. The minimum atomic E-state index is -0.0872. The summed E-state index contributed by atoms with van der Waals surface area (Å²) in [6.45, 7) is 0. The van der Waals surface area contributed by atoms with E-state index in [1.54, 1.807) is 11.3 Å². The quantitative estimate of drug-likeness (QED) is 0.835. The lowest BCUT2D eigenvalue weighted by Gasteiger charge is -2.31. The van der Waals surface area contributed by atoms with Crippen LogP contribution in [0.4, 0.5) is 0 Å². The Hall–Kier alpha value is -0.410. The summed E-state index contributed by atoms with van der Waals surface area (Å²) in [5.41, 5.74) is 7.69. The molecular weight excluding hydrogens is 204 g/mol. The third-order valence-corrected chi connectivity index (χ3v) is 4.77. The molecule has 2 fully saturated rings. The Morgan fingerprint density at radius 2 is 2.00 bits per heavy atom. The van der Waals surface area contributed by atoms with Crippen LogP contribution in [0.25, 0.3) is 0 Å². The Kier molecular flexibility index (Phi) is 2.33. The molecule has 1 aromatic rings. The van der Waals surface area contributed by atoms with Crippen molar-refractivity contribution in [2.75, 3.05) is 0 Å². The molecule has 15 heavy (non-hydrogen) atoms. The Morgan fingerprint density at radius 3 is 2.67 bits per heavy atom. The predicted molar refractivity (Wildman–Crippen MR) is 63.0 cm³/mol. The fourth-order valence-electron chi connectivity index (χ4n) is 2.48. The van der Waals surface area contributed by atoms with E-state index in [-0.39, 0.29) is 5.54 Å². The molecule has 2 aliphatic rings. The largest absolute Gasteiger partial charge is 0.319 e. The van der Waals surface area contributed by atoms with Crippen molar-refractivity contribution in [3.8, 4) is 0 Å². The number of hydrogen-bond acceptors (Lipinski definition) is 3. The fourth-order valence-corrected chi connectivity index (χ4v) is 3.55. The van der Waals surface area contributed by atoms with E-state index in [0.717, 1.165) is 18.8 Å². The summed E-state index contributed by atoms with van der Waals surface area (Å²) in [6.07, 6.45) is 8.82. The van der Waals surface area contributed by atoms with Crippen LogP contribution in [-0.4, -0.2) is 4.98 Å². The molecule has 0 saturated heterocycles. The normalized spacial score (nSPS) is 25.4. The van der Waals surface area contributed by atoms with Crippen LogP contribution in [0.15, 0.2) is 5.38 Å². The predicted octanol–water partition coefficient (Wildman–Crippen LogP) is 3.14. The molecule has 0 radical (unpaired) electrons. The van der Waals surface area contributed by atoms with Crippen molar-refractivity contribution in [2.45, 2.75) is 56.4 Å². The Balaban J connectivity index is 1.83. The van der Waals surface area contributed by atoms with Crippen molar-refractivity contribution >= 4 is 11.3 Å². The maximum absolute atomic E-state index is 6.46. The van der Waals surface area contributed by atoms with E-state index in [0.29, 0.717) is 0 Å².